The molecular formula is C25H29FN2O2. The molecule has 0 unspecified atom stereocenters. The Morgan fingerprint density at radius 3 is 2.63 bits per heavy atom. The van der Waals surface area contributed by atoms with Crippen LogP contribution in [0.2, 0.25) is 0 Å². The lowest BCUT2D eigenvalue weighted by Crippen LogP contribution is -2.43. The summed E-state index contributed by atoms with van der Waals surface area (Å²) in [6.07, 6.45) is 6.40. The van der Waals surface area contributed by atoms with Gasteiger partial charge >= 0.3 is 0 Å². The molecule has 0 radical (unpaired) electrons. The van der Waals surface area contributed by atoms with Crippen molar-refractivity contribution < 1.29 is 14.0 Å². The summed E-state index contributed by atoms with van der Waals surface area (Å²) in [5, 5.41) is 3.01. The van der Waals surface area contributed by atoms with Gasteiger partial charge in [0.2, 0.25) is 5.91 Å². The van der Waals surface area contributed by atoms with Crippen LogP contribution in [-0.4, -0.2) is 29.8 Å². The van der Waals surface area contributed by atoms with E-state index >= 15 is 0 Å². The Kier molecular flexibility index (Phi) is 6.16. The molecule has 1 aliphatic heterocycles. The molecule has 0 spiro atoms. The maximum atomic E-state index is 13.3. The molecule has 0 bridgehead atoms. The van der Waals surface area contributed by atoms with E-state index in [1.165, 1.54) is 18.6 Å². The lowest BCUT2D eigenvalue weighted by molar-refractivity contribution is -0.124. The third-order valence-electron chi connectivity index (χ3n) is 6.50. The summed E-state index contributed by atoms with van der Waals surface area (Å²) >= 11 is 0. The summed E-state index contributed by atoms with van der Waals surface area (Å²) in [7, 11) is 0. The summed E-state index contributed by atoms with van der Waals surface area (Å²) in [5.41, 5.74) is 2.60. The van der Waals surface area contributed by atoms with Crippen molar-refractivity contribution in [1.82, 2.24) is 10.2 Å². The second kappa shape index (κ2) is 8.99. The highest BCUT2D eigenvalue weighted by Crippen LogP contribution is 2.41. The molecule has 158 valence electrons. The highest BCUT2D eigenvalue weighted by Gasteiger charge is 2.39. The number of hydrogen-bond acceptors (Lipinski definition) is 2. The largest absolute Gasteiger partial charge is 0.356 e. The molecule has 0 saturated heterocycles. The van der Waals surface area contributed by atoms with Crippen LogP contribution in [0.15, 0.2) is 48.5 Å². The van der Waals surface area contributed by atoms with Crippen molar-refractivity contribution in [1.29, 1.82) is 0 Å². The molecule has 1 heterocycles. The molecule has 2 aromatic carbocycles. The molecule has 4 rings (SSSR count). The Morgan fingerprint density at radius 1 is 1.07 bits per heavy atom. The predicted octanol–water partition coefficient (Wildman–Crippen LogP) is 4.48. The first-order valence-corrected chi connectivity index (χ1v) is 10.9. The van der Waals surface area contributed by atoms with E-state index in [1.807, 2.05) is 35.2 Å². The zero-order chi connectivity index (χ0) is 21.0. The highest BCUT2D eigenvalue weighted by atomic mass is 19.1. The number of halogens is 1. The molecular weight excluding hydrogens is 379 g/mol. The van der Waals surface area contributed by atoms with Crippen LogP contribution in [0.25, 0.3) is 0 Å². The molecule has 4 nitrogen and oxygen atoms in total. The number of carbonyl (C=O) groups excluding carboxylic acids is 2. The van der Waals surface area contributed by atoms with Crippen molar-refractivity contribution in [3.8, 4) is 0 Å². The van der Waals surface area contributed by atoms with Crippen LogP contribution >= 0.6 is 0 Å². The molecule has 1 aliphatic carbocycles. The molecule has 2 aliphatic rings. The van der Waals surface area contributed by atoms with Crippen LogP contribution in [0.1, 0.15) is 60.0 Å². The normalized spacial score (nSPS) is 17.6. The molecule has 2 aromatic rings. The number of benzene rings is 2. The van der Waals surface area contributed by atoms with Crippen LogP contribution < -0.4 is 5.32 Å². The van der Waals surface area contributed by atoms with Gasteiger partial charge in [-0.25, -0.2) is 4.39 Å². The minimum atomic E-state index is -0.253. The van der Waals surface area contributed by atoms with E-state index in [0.29, 0.717) is 32.5 Å². The van der Waals surface area contributed by atoms with Crippen LogP contribution in [0.3, 0.4) is 0 Å². The Hall–Kier alpha value is -2.69. The van der Waals surface area contributed by atoms with Gasteiger partial charge in [-0.2, -0.15) is 0 Å². The number of fused-ring (bicyclic) bond motifs is 1. The monoisotopic (exact) mass is 408 g/mol. The van der Waals surface area contributed by atoms with Gasteiger partial charge in [0, 0.05) is 31.6 Å². The van der Waals surface area contributed by atoms with Crippen molar-refractivity contribution in [2.24, 2.45) is 5.41 Å². The van der Waals surface area contributed by atoms with Gasteiger partial charge in [-0.05, 0) is 54.0 Å². The van der Waals surface area contributed by atoms with Crippen LogP contribution in [0.4, 0.5) is 4.39 Å². The van der Waals surface area contributed by atoms with E-state index < -0.39 is 0 Å². The quantitative estimate of drug-likeness (QED) is 0.734. The summed E-state index contributed by atoms with van der Waals surface area (Å²) < 4.78 is 13.3. The Balaban J connectivity index is 1.36. The first-order chi connectivity index (χ1) is 14.5. The van der Waals surface area contributed by atoms with Crippen LogP contribution in [0, 0.1) is 11.2 Å². The van der Waals surface area contributed by atoms with E-state index in [9.17, 15) is 14.0 Å². The van der Waals surface area contributed by atoms with Gasteiger partial charge in [0.1, 0.15) is 5.82 Å². The van der Waals surface area contributed by atoms with Crippen LogP contribution in [-0.2, 0) is 17.8 Å². The van der Waals surface area contributed by atoms with Gasteiger partial charge in [0.25, 0.3) is 5.91 Å². The van der Waals surface area contributed by atoms with Crippen molar-refractivity contribution >= 4 is 11.8 Å². The number of hydrogen-bond donors (Lipinski definition) is 1. The lowest BCUT2D eigenvalue weighted by atomic mass is 9.71. The van der Waals surface area contributed by atoms with Gasteiger partial charge in [-0.15, -0.1) is 0 Å². The minimum Gasteiger partial charge on any atom is -0.356 e. The third kappa shape index (κ3) is 4.72. The van der Waals surface area contributed by atoms with E-state index in [2.05, 4.69) is 5.32 Å². The maximum absolute atomic E-state index is 13.3. The maximum Gasteiger partial charge on any atom is 0.254 e. The number of carbonyl (C=O) groups is 2. The first kappa shape index (κ1) is 20.6. The van der Waals surface area contributed by atoms with Crippen molar-refractivity contribution in [3.63, 3.8) is 0 Å². The average molecular weight is 409 g/mol. The zero-order valence-corrected chi connectivity index (χ0v) is 17.3. The molecule has 2 amide bonds. The summed E-state index contributed by atoms with van der Waals surface area (Å²) in [6.45, 7) is 1.77. The van der Waals surface area contributed by atoms with E-state index in [0.717, 1.165) is 42.4 Å². The summed E-state index contributed by atoms with van der Waals surface area (Å²) in [6, 6.07) is 14.3. The number of nitrogens with one attached hydrogen (secondary N) is 1. The van der Waals surface area contributed by atoms with Crippen LogP contribution in [0.5, 0.6) is 0 Å². The van der Waals surface area contributed by atoms with Gasteiger partial charge in [0.05, 0.1) is 0 Å². The fourth-order valence-corrected chi connectivity index (χ4v) is 4.98. The van der Waals surface area contributed by atoms with Gasteiger partial charge in [-0.1, -0.05) is 49.6 Å². The molecule has 30 heavy (non-hydrogen) atoms. The zero-order valence-electron chi connectivity index (χ0n) is 17.3. The van der Waals surface area contributed by atoms with Gasteiger partial charge in [0.15, 0.2) is 0 Å². The second-order valence-corrected chi connectivity index (χ2v) is 8.79. The standard InChI is InChI=1S/C25H29FN2O2/c26-21-9-6-7-19(15-21)11-14-27-23(29)16-25(12-4-1-5-13-25)18-28-17-20-8-2-3-10-22(20)24(28)30/h2-3,6-10,15H,1,4-5,11-14,16-18H2,(H,27,29). The summed E-state index contributed by atoms with van der Waals surface area (Å²) in [5.74, 6) is -0.143. The average Bonchev–Trinajstić information content (AvgIpc) is 3.04. The van der Waals surface area contributed by atoms with Gasteiger partial charge in [-0.3, -0.25) is 9.59 Å². The molecule has 0 aromatic heterocycles. The minimum absolute atomic E-state index is 0.0254. The molecule has 0 atom stereocenters. The van der Waals surface area contributed by atoms with E-state index in [1.54, 1.807) is 6.07 Å². The SMILES string of the molecule is O=C(CC1(CN2Cc3ccccc3C2=O)CCCCC1)NCCc1cccc(F)c1. The lowest BCUT2D eigenvalue weighted by Gasteiger charge is -2.39. The number of rotatable bonds is 7. The number of amides is 2. The Labute approximate surface area is 177 Å². The number of nitrogens with zero attached hydrogens (tertiary/aromatic N) is 1. The van der Waals surface area contributed by atoms with Gasteiger partial charge < -0.3 is 10.2 Å². The van der Waals surface area contributed by atoms with Crippen molar-refractivity contribution in [2.75, 3.05) is 13.1 Å². The third-order valence-corrected chi connectivity index (χ3v) is 6.50. The van der Waals surface area contributed by atoms with E-state index in [4.69, 9.17) is 0 Å². The Bertz CT molecular complexity index is 921. The Morgan fingerprint density at radius 2 is 1.87 bits per heavy atom. The topological polar surface area (TPSA) is 49.4 Å². The highest BCUT2D eigenvalue weighted by molar-refractivity contribution is 5.98. The molecule has 5 heteroatoms. The predicted molar refractivity (Wildman–Crippen MR) is 114 cm³/mol. The van der Waals surface area contributed by atoms with E-state index in [-0.39, 0.29) is 23.0 Å². The van der Waals surface area contributed by atoms with Crippen molar-refractivity contribution in [2.45, 2.75) is 51.5 Å². The fraction of sp³-hybridized carbons (Fsp3) is 0.440. The van der Waals surface area contributed by atoms with Crippen molar-refractivity contribution in [3.05, 3.63) is 71.0 Å². The molecule has 1 N–H and O–H groups in total. The summed E-state index contributed by atoms with van der Waals surface area (Å²) in [4.78, 5) is 27.5. The second-order valence-electron chi connectivity index (χ2n) is 8.79. The first-order valence-electron chi connectivity index (χ1n) is 10.9. The molecule has 1 fully saturated rings. The smallest absolute Gasteiger partial charge is 0.254 e. The fourth-order valence-electron chi connectivity index (χ4n) is 4.98. The molecule has 1 saturated carbocycles.